The summed E-state index contributed by atoms with van der Waals surface area (Å²) in [5.74, 6) is 2.59. The zero-order valence-corrected chi connectivity index (χ0v) is 13.0. The average Bonchev–Trinajstić information content (AvgIpc) is 2.51. The van der Waals surface area contributed by atoms with Crippen LogP contribution in [-0.4, -0.2) is 13.0 Å². The van der Waals surface area contributed by atoms with Crippen LogP contribution in [0.5, 0.6) is 5.75 Å². The quantitative estimate of drug-likeness (QED) is 0.523. The number of alkyl halides is 1. The molecule has 1 aliphatic carbocycles. The van der Waals surface area contributed by atoms with Gasteiger partial charge in [0.1, 0.15) is 5.75 Å². The fourth-order valence-corrected chi connectivity index (χ4v) is 3.25. The molecule has 2 heteroatoms. The van der Waals surface area contributed by atoms with E-state index in [1.54, 1.807) is 7.11 Å². The Balaban J connectivity index is 2.23. The summed E-state index contributed by atoms with van der Waals surface area (Å²) in [7, 11) is 1.72. The molecule has 1 aromatic carbocycles. The molecule has 0 saturated heterocycles. The van der Waals surface area contributed by atoms with Crippen molar-refractivity contribution in [3.8, 4) is 5.75 Å². The highest BCUT2D eigenvalue weighted by Crippen LogP contribution is 2.41. The maximum absolute atomic E-state index is 5.84. The van der Waals surface area contributed by atoms with E-state index in [2.05, 4.69) is 37.4 Å². The lowest BCUT2D eigenvalue weighted by molar-refractivity contribution is 0.404. The van der Waals surface area contributed by atoms with Crippen LogP contribution in [0.4, 0.5) is 0 Å². The molecule has 2 atom stereocenters. The van der Waals surface area contributed by atoms with Gasteiger partial charge in [0.15, 0.2) is 0 Å². The zero-order chi connectivity index (χ0) is 14.5. The van der Waals surface area contributed by atoms with E-state index >= 15 is 0 Å². The first-order valence-corrected chi connectivity index (χ1v) is 7.75. The lowest BCUT2D eigenvalue weighted by Crippen LogP contribution is -2.19. The summed E-state index contributed by atoms with van der Waals surface area (Å²) in [6.07, 6.45) is 6.48. The number of rotatable bonds is 6. The lowest BCUT2D eigenvalue weighted by atomic mass is 9.73. The number of halogens is 1. The second kappa shape index (κ2) is 6.99. The van der Waals surface area contributed by atoms with Gasteiger partial charge in [0, 0.05) is 5.88 Å². The Hall–Kier alpha value is -1.21. The van der Waals surface area contributed by atoms with Gasteiger partial charge in [-0.05, 0) is 60.8 Å². The molecule has 1 aromatic rings. The minimum atomic E-state index is 0.530. The maximum atomic E-state index is 5.84. The number of ether oxygens (including phenoxy) is 1. The van der Waals surface area contributed by atoms with Gasteiger partial charge in [-0.25, -0.2) is 0 Å². The zero-order valence-electron chi connectivity index (χ0n) is 12.2. The molecular weight excluding hydrogens is 268 g/mol. The molecule has 0 fully saturated rings. The molecular formula is C18H23ClO. The Morgan fingerprint density at radius 1 is 1.50 bits per heavy atom. The summed E-state index contributed by atoms with van der Waals surface area (Å²) in [5, 5.41) is 0. The van der Waals surface area contributed by atoms with Crippen LogP contribution in [0.15, 0.2) is 43.0 Å². The molecule has 0 radical (unpaired) electrons. The summed E-state index contributed by atoms with van der Waals surface area (Å²) in [5.41, 5.74) is 3.99. The fourth-order valence-electron chi connectivity index (χ4n) is 3.12. The van der Waals surface area contributed by atoms with E-state index in [4.69, 9.17) is 16.3 Å². The molecule has 20 heavy (non-hydrogen) atoms. The third-order valence-electron chi connectivity index (χ3n) is 4.31. The molecule has 1 nitrogen and oxygen atoms in total. The highest BCUT2D eigenvalue weighted by molar-refractivity contribution is 6.19. The van der Waals surface area contributed by atoms with Crippen molar-refractivity contribution in [2.75, 3.05) is 13.0 Å². The van der Waals surface area contributed by atoms with Crippen LogP contribution >= 0.6 is 11.6 Å². The summed E-state index contributed by atoms with van der Waals surface area (Å²) in [6, 6.07) is 6.46. The van der Waals surface area contributed by atoms with E-state index in [1.807, 2.05) is 0 Å². The number of allylic oxidation sites excluding steroid dienone is 2. The molecule has 0 aliphatic heterocycles. The van der Waals surface area contributed by atoms with Crippen LogP contribution in [0, 0.1) is 5.92 Å². The van der Waals surface area contributed by atoms with Crippen molar-refractivity contribution in [1.82, 2.24) is 0 Å². The van der Waals surface area contributed by atoms with Gasteiger partial charge in [0.2, 0.25) is 0 Å². The summed E-state index contributed by atoms with van der Waals surface area (Å²) in [6.45, 7) is 8.03. The van der Waals surface area contributed by atoms with Crippen LogP contribution in [0.25, 0.3) is 0 Å². The molecule has 108 valence electrons. The van der Waals surface area contributed by atoms with Gasteiger partial charge in [-0.2, -0.15) is 0 Å². The van der Waals surface area contributed by atoms with Gasteiger partial charge >= 0.3 is 0 Å². The van der Waals surface area contributed by atoms with Crippen LogP contribution in [0.3, 0.4) is 0 Å². The SMILES string of the molecule is C=C[C@@H]1CCc2cc(OC)ccc2[C@H]1CCC(=C)CCl. The average molecular weight is 291 g/mol. The third kappa shape index (κ3) is 3.27. The van der Waals surface area contributed by atoms with Crippen LogP contribution < -0.4 is 4.74 Å². The Morgan fingerprint density at radius 2 is 2.30 bits per heavy atom. The second-order valence-corrected chi connectivity index (χ2v) is 5.80. The first-order chi connectivity index (χ1) is 9.69. The van der Waals surface area contributed by atoms with Gasteiger partial charge in [0.25, 0.3) is 0 Å². The molecule has 0 N–H and O–H groups in total. The summed E-state index contributed by atoms with van der Waals surface area (Å²) < 4.78 is 5.33. The van der Waals surface area contributed by atoms with Gasteiger partial charge < -0.3 is 4.74 Å². The van der Waals surface area contributed by atoms with Gasteiger partial charge in [0.05, 0.1) is 7.11 Å². The standard InChI is InChI=1S/C18H23ClO/c1-4-14-6-7-15-11-16(20-3)8-10-18(15)17(14)9-5-13(2)12-19/h4,8,10-11,14,17H,1-2,5-7,9,12H2,3H3/t14-,17+/m1/s1. The largest absolute Gasteiger partial charge is 0.497 e. The van der Waals surface area contributed by atoms with E-state index in [0.717, 1.165) is 30.6 Å². The maximum Gasteiger partial charge on any atom is 0.119 e. The van der Waals surface area contributed by atoms with Crippen molar-refractivity contribution in [2.24, 2.45) is 5.92 Å². The predicted octanol–water partition coefficient (Wildman–Crippen LogP) is 5.10. The van der Waals surface area contributed by atoms with Crippen molar-refractivity contribution in [3.63, 3.8) is 0 Å². The molecule has 1 aliphatic rings. The summed E-state index contributed by atoms with van der Waals surface area (Å²) in [4.78, 5) is 0. The molecule has 0 bridgehead atoms. The van der Waals surface area contributed by atoms with Crippen molar-refractivity contribution in [3.05, 3.63) is 54.1 Å². The topological polar surface area (TPSA) is 9.23 Å². The predicted molar refractivity (Wildman–Crippen MR) is 86.8 cm³/mol. The molecule has 0 spiro atoms. The van der Waals surface area contributed by atoms with E-state index in [9.17, 15) is 0 Å². The molecule has 0 aromatic heterocycles. The molecule has 0 saturated carbocycles. The molecule has 0 heterocycles. The van der Waals surface area contributed by atoms with Crippen molar-refractivity contribution >= 4 is 11.6 Å². The third-order valence-corrected chi connectivity index (χ3v) is 4.69. The normalized spacial score (nSPS) is 21.1. The highest BCUT2D eigenvalue weighted by Gasteiger charge is 2.27. The Bertz CT molecular complexity index is 492. The highest BCUT2D eigenvalue weighted by atomic mass is 35.5. The monoisotopic (exact) mass is 290 g/mol. The number of methoxy groups -OCH3 is 1. The fraction of sp³-hybridized carbons (Fsp3) is 0.444. The van der Waals surface area contributed by atoms with Crippen LogP contribution in [0.2, 0.25) is 0 Å². The van der Waals surface area contributed by atoms with E-state index in [0.29, 0.717) is 17.7 Å². The Labute approximate surface area is 127 Å². The molecule has 0 amide bonds. The van der Waals surface area contributed by atoms with Crippen LogP contribution in [-0.2, 0) is 6.42 Å². The van der Waals surface area contributed by atoms with Gasteiger partial charge in [-0.15, -0.1) is 18.2 Å². The number of benzene rings is 1. The van der Waals surface area contributed by atoms with Crippen molar-refractivity contribution in [1.29, 1.82) is 0 Å². The minimum Gasteiger partial charge on any atom is -0.497 e. The summed E-state index contributed by atoms with van der Waals surface area (Å²) >= 11 is 5.84. The van der Waals surface area contributed by atoms with Crippen molar-refractivity contribution in [2.45, 2.75) is 31.6 Å². The molecule has 2 rings (SSSR count). The first kappa shape index (κ1) is 15.2. The van der Waals surface area contributed by atoms with E-state index in [1.165, 1.54) is 17.5 Å². The smallest absolute Gasteiger partial charge is 0.119 e. The Morgan fingerprint density at radius 3 is 2.95 bits per heavy atom. The second-order valence-electron chi connectivity index (χ2n) is 5.53. The number of hydrogen-bond acceptors (Lipinski definition) is 1. The Kier molecular flexibility index (Phi) is 5.31. The van der Waals surface area contributed by atoms with Crippen molar-refractivity contribution < 1.29 is 4.74 Å². The van der Waals surface area contributed by atoms with E-state index in [-0.39, 0.29) is 0 Å². The van der Waals surface area contributed by atoms with E-state index < -0.39 is 0 Å². The first-order valence-electron chi connectivity index (χ1n) is 7.21. The number of fused-ring (bicyclic) bond motifs is 1. The lowest BCUT2D eigenvalue weighted by Gasteiger charge is -2.32. The minimum absolute atomic E-state index is 0.530. The number of aryl methyl sites for hydroxylation is 1. The molecule has 0 unspecified atom stereocenters. The van der Waals surface area contributed by atoms with Gasteiger partial charge in [-0.3, -0.25) is 0 Å². The van der Waals surface area contributed by atoms with Crippen LogP contribution in [0.1, 0.15) is 36.3 Å². The van der Waals surface area contributed by atoms with Gasteiger partial charge in [-0.1, -0.05) is 24.3 Å². The number of hydrogen-bond donors (Lipinski definition) is 0.